The third kappa shape index (κ3) is 3.56. The summed E-state index contributed by atoms with van der Waals surface area (Å²) in [5, 5.41) is 0. The van der Waals surface area contributed by atoms with Gasteiger partial charge in [0.05, 0.1) is 12.6 Å². The van der Waals surface area contributed by atoms with E-state index in [0.29, 0.717) is 17.9 Å². The van der Waals surface area contributed by atoms with Crippen LogP contribution in [0.2, 0.25) is 0 Å². The largest absolute Gasteiger partial charge is 0.493 e. The molecule has 0 aliphatic rings. The molecule has 21 heavy (non-hydrogen) atoms. The highest BCUT2D eigenvalue weighted by Crippen LogP contribution is 2.31. The van der Waals surface area contributed by atoms with Crippen molar-refractivity contribution in [2.45, 2.75) is 19.4 Å². The second kappa shape index (κ2) is 7.15. The molecule has 3 N–H and O–H groups in total. The molecule has 0 spiro atoms. The highest BCUT2D eigenvalue weighted by molar-refractivity contribution is 5.42. The first-order valence-electron chi connectivity index (χ1n) is 6.80. The Morgan fingerprint density at radius 3 is 2.57 bits per heavy atom. The number of nitrogens with one attached hydrogen (secondary N) is 1. The number of para-hydroxylation sites is 1. The Hall–Kier alpha value is -1.98. The van der Waals surface area contributed by atoms with Gasteiger partial charge in [0, 0.05) is 17.2 Å². The highest BCUT2D eigenvalue weighted by atomic mass is 19.1. The maximum atomic E-state index is 14.0. The van der Waals surface area contributed by atoms with Gasteiger partial charge in [-0.2, -0.15) is 0 Å². The van der Waals surface area contributed by atoms with Crippen molar-refractivity contribution in [3.05, 3.63) is 65.2 Å². The molecule has 0 radical (unpaired) electrons. The van der Waals surface area contributed by atoms with Gasteiger partial charge < -0.3 is 4.74 Å². The standard InChI is InChI=1S/C16H18F2N2O/c1-2-9-21-15-6-4-3-5-13(15)16(20-19)12-8-7-11(17)10-14(12)18/h3-8,10,16,20H,2,9,19H2,1H3. The molecule has 0 aromatic heterocycles. The van der Waals surface area contributed by atoms with E-state index in [1.807, 2.05) is 19.1 Å². The average Bonchev–Trinajstić information content (AvgIpc) is 2.49. The Bertz CT molecular complexity index is 605. The number of halogens is 2. The zero-order valence-corrected chi connectivity index (χ0v) is 11.8. The molecule has 112 valence electrons. The molecular weight excluding hydrogens is 274 g/mol. The highest BCUT2D eigenvalue weighted by Gasteiger charge is 2.20. The summed E-state index contributed by atoms with van der Waals surface area (Å²) in [5.74, 6) is 4.93. The number of hydrazine groups is 1. The number of nitrogens with two attached hydrogens (primary N) is 1. The van der Waals surface area contributed by atoms with Crippen molar-refractivity contribution >= 4 is 0 Å². The zero-order chi connectivity index (χ0) is 15.2. The van der Waals surface area contributed by atoms with Gasteiger partial charge in [0.15, 0.2) is 0 Å². The molecule has 1 atom stereocenters. The first kappa shape index (κ1) is 15.4. The van der Waals surface area contributed by atoms with Crippen LogP contribution in [-0.2, 0) is 0 Å². The van der Waals surface area contributed by atoms with Crippen LogP contribution in [0.4, 0.5) is 8.78 Å². The molecule has 5 heteroatoms. The van der Waals surface area contributed by atoms with E-state index in [9.17, 15) is 8.78 Å². The molecule has 3 nitrogen and oxygen atoms in total. The van der Waals surface area contributed by atoms with E-state index in [4.69, 9.17) is 10.6 Å². The molecule has 0 saturated carbocycles. The smallest absolute Gasteiger partial charge is 0.131 e. The second-order valence-electron chi connectivity index (χ2n) is 4.65. The Labute approximate surface area is 122 Å². The Morgan fingerprint density at radius 2 is 1.90 bits per heavy atom. The first-order valence-corrected chi connectivity index (χ1v) is 6.80. The van der Waals surface area contributed by atoms with E-state index in [0.717, 1.165) is 12.5 Å². The summed E-state index contributed by atoms with van der Waals surface area (Å²) in [7, 11) is 0. The topological polar surface area (TPSA) is 47.3 Å². The molecular formula is C16H18F2N2O. The molecule has 0 bridgehead atoms. The molecule has 2 aromatic carbocycles. The van der Waals surface area contributed by atoms with Gasteiger partial charge in [0.25, 0.3) is 0 Å². The van der Waals surface area contributed by atoms with Gasteiger partial charge >= 0.3 is 0 Å². The van der Waals surface area contributed by atoms with E-state index in [-0.39, 0.29) is 5.56 Å². The van der Waals surface area contributed by atoms with E-state index in [1.54, 1.807) is 12.1 Å². The zero-order valence-electron chi connectivity index (χ0n) is 11.8. The fourth-order valence-electron chi connectivity index (χ4n) is 2.15. The predicted octanol–water partition coefficient (Wildman–Crippen LogP) is 3.31. The summed E-state index contributed by atoms with van der Waals surface area (Å²) < 4.78 is 32.7. The lowest BCUT2D eigenvalue weighted by Crippen LogP contribution is -2.30. The summed E-state index contributed by atoms with van der Waals surface area (Å²) in [6, 6.07) is 10.1. The third-order valence-corrected chi connectivity index (χ3v) is 3.13. The van der Waals surface area contributed by atoms with Crippen molar-refractivity contribution in [2.24, 2.45) is 5.84 Å². The molecule has 2 rings (SSSR count). The van der Waals surface area contributed by atoms with Crippen LogP contribution in [0.5, 0.6) is 5.75 Å². The number of rotatable bonds is 6. The van der Waals surface area contributed by atoms with E-state index in [1.165, 1.54) is 12.1 Å². The molecule has 2 aromatic rings. The van der Waals surface area contributed by atoms with Crippen molar-refractivity contribution in [3.63, 3.8) is 0 Å². The minimum atomic E-state index is -0.650. The summed E-state index contributed by atoms with van der Waals surface area (Å²) in [6.45, 7) is 2.56. The van der Waals surface area contributed by atoms with Gasteiger partial charge in [-0.1, -0.05) is 31.2 Å². The van der Waals surface area contributed by atoms with Crippen molar-refractivity contribution in [1.82, 2.24) is 5.43 Å². The fraction of sp³-hybridized carbons (Fsp3) is 0.250. The molecule has 0 aliphatic heterocycles. The molecule has 1 unspecified atom stereocenters. The summed E-state index contributed by atoms with van der Waals surface area (Å²) in [4.78, 5) is 0. The second-order valence-corrected chi connectivity index (χ2v) is 4.65. The van der Waals surface area contributed by atoms with Gasteiger partial charge in [-0.05, 0) is 18.6 Å². The van der Waals surface area contributed by atoms with Crippen molar-refractivity contribution in [2.75, 3.05) is 6.61 Å². The first-order chi connectivity index (χ1) is 10.2. The third-order valence-electron chi connectivity index (χ3n) is 3.13. The Kier molecular flexibility index (Phi) is 5.25. The SMILES string of the molecule is CCCOc1ccccc1C(NN)c1ccc(F)cc1F. The van der Waals surface area contributed by atoms with E-state index < -0.39 is 17.7 Å². The quantitative estimate of drug-likeness (QED) is 0.634. The maximum Gasteiger partial charge on any atom is 0.131 e. The van der Waals surface area contributed by atoms with Crippen LogP contribution in [0.25, 0.3) is 0 Å². The normalized spacial score (nSPS) is 12.2. The van der Waals surface area contributed by atoms with Gasteiger partial charge in [-0.25, -0.2) is 14.2 Å². The van der Waals surface area contributed by atoms with Gasteiger partial charge in [-0.3, -0.25) is 5.84 Å². The number of benzene rings is 2. The summed E-state index contributed by atoms with van der Waals surface area (Å²) in [6.07, 6.45) is 0.861. The lowest BCUT2D eigenvalue weighted by atomic mass is 9.98. The summed E-state index contributed by atoms with van der Waals surface area (Å²) >= 11 is 0. The lowest BCUT2D eigenvalue weighted by molar-refractivity contribution is 0.311. The van der Waals surface area contributed by atoms with Crippen LogP contribution in [-0.4, -0.2) is 6.61 Å². The van der Waals surface area contributed by atoms with Crippen LogP contribution in [0.1, 0.15) is 30.5 Å². The molecule has 0 saturated heterocycles. The molecule has 0 fully saturated rings. The van der Waals surface area contributed by atoms with Crippen molar-refractivity contribution in [3.8, 4) is 5.75 Å². The number of ether oxygens (including phenoxy) is 1. The van der Waals surface area contributed by atoms with Gasteiger partial charge in [0.1, 0.15) is 17.4 Å². The maximum absolute atomic E-state index is 14.0. The number of hydrogen-bond donors (Lipinski definition) is 2. The van der Waals surface area contributed by atoms with Crippen molar-refractivity contribution < 1.29 is 13.5 Å². The minimum absolute atomic E-state index is 0.270. The van der Waals surface area contributed by atoms with Crippen LogP contribution in [0, 0.1) is 11.6 Å². The van der Waals surface area contributed by atoms with Crippen LogP contribution in [0.3, 0.4) is 0 Å². The lowest BCUT2D eigenvalue weighted by Gasteiger charge is -2.20. The monoisotopic (exact) mass is 292 g/mol. The molecule has 0 heterocycles. The van der Waals surface area contributed by atoms with Crippen molar-refractivity contribution in [1.29, 1.82) is 0 Å². The van der Waals surface area contributed by atoms with E-state index >= 15 is 0 Å². The van der Waals surface area contributed by atoms with Gasteiger partial charge in [-0.15, -0.1) is 0 Å². The Balaban J connectivity index is 2.41. The minimum Gasteiger partial charge on any atom is -0.493 e. The van der Waals surface area contributed by atoms with Crippen LogP contribution >= 0.6 is 0 Å². The molecule has 0 amide bonds. The predicted molar refractivity (Wildman–Crippen MR) is 77.8 cm³/mol. The molecule has 0 aliphatic carbocycles. The Morgan fingerprint density at radius 1 is 1.14 bits per heavy atom. The van der Waals surface area contributed by atoms with Crippen LogP contribution in [0.15, 0.2) is 42.5 Å². The van der Waals surface area contributed by atoms with E-state index in [2.05, 4.69) is 5.43 Å². The van der Waals surface area contributed by atoms with Gasteiger partial charge in [0.2, 0.25) is 0 Å². The fourth-order valence-corrected chi connectivity index (χ4v) is 2.15. The average molecular weight is 292 g/mol. The van der Waals surface area contributed by atoms with Crippen LogP contribution < -0.4 is 16.0 Å². The summed E-state index contributed by atoms with van der Waals surface area (Å²) in [5.41, 5.74) is 3.55. The number of hydrogen-bond acceptors (Lipinski definition) is 3.